The number of hydrogen-bond acceptors (Lipinski definition) is 4. The van der Waals surface area contributed by atoms with Crippen molar-refractivity contribution in [2.24, 2.45) is 0 Å². The van der Waals surface area contributed by atoms with Gasteiger partial charge in [-0.3, -0.25) is 9.59 Å². The van der Waals surface area contributed by atoms with E-state index in [9.17, 15) is 9.59 Å². The summed E-state index contributed by atoms with van der Waals surface area (Å²) in [5.74, 6) is 1.58. The van der Waals surface area contributed by atoms with E-state index in [1.807, 2.05) is 55.5 Å². The zero-order chi connectivity index (χ0) is 18.8. The molecular weight excluding hydrogens is 360 g/mol. The number of nitrogens with zero attached hydrogens (tertiary/aromatic N) is 1. The molecule has 2 aliphatic rings. The number of ether oxygens (including phenoxy) is 1. The van der Waals surface area contributed by atoms with Crippen LogP contribution in [0.1, 0.15) is 23.5 Å². The summed E-state index contributed by atoms with van der Waals surface area (Å²) in [5, 5.41) is 2.96. The lowest BCUT2D eigenvalue weighted by Gasteiger charge is -2.31. The minimum absolute atomic E-state index is 0.0140. The van der Waals surface area contributed by atoms with Gasteiger partial charge in [0, 0.05) is 17.0 Å². The predicted octanol–water partition coefficient (Wildman–Crippen LogP) is 3.40. The molecule has 1 N–H and O–H groups in total. The maximum atomic E-state index is 13.3. The highest BCUT2D eigenvalue weighted by Gasteiger charge is 2.39. The van der Waals surface area contributed by atoms with Crippen molar-refractivity contribution in [3.63, 3.8) is 0 Å². The van der Waals surface area contributed by atoms with Crippen LogP contribution in [0.15, 0.2) is 48.5 Å². The molecule has 2 aromatic carbocycles. The summed E-state index contributed by atoms with van der Waals surface area (Å²) in [6.45, 7) is 2.51. The number of fused-ring (bicyclic) bond motifs is 1. The lowest BCUT2D eigenvalue weighted by molar-refractivity contribution is -0.138. The van der Waals surface area contributed by atoms with Gasteiger partial charge in [-0.2, -0.15) is 0 Å². The Morgan fingerprint density at radius 2 is 2.04 bits per heavy atom. The molecule has 0 bridgehead atoms. The van der Waals surface area contributed by atoms with E-state index in [1.165, 1.54) is 0 Å². The standard InChI is InChI=1S/C21H22N2O3S/c1-14-5-4-6-15(11-14)22-20(24)18-12-27-13-23(18)21(25)17-9-10-26-19-8-3-2-7-16(17)19/h2-8,11,17-18H,9-10,12-13H2,1H3,(H,22,24). The Morgan fingerprint density at radius 3 is 2.89 bits per heavy atom. The molecule has 1 fully saturated rings. The average molecular weight is 382 g/mol. The minimum Gasteiger partial charge on any atom is -0.493 e. The fraction of sp³-hybridized carbons (Fsp3) is 0.333. The Morgan fingerprint density at radius 1 is 1.19 bits per heavy atom. The molecule has 0 aromatic heterocycles. The Balaban J connectivity index is 1.51. The molecule has 5 nitrogen and oxygen atoms in total. The quantitative estimate of drug-likeness (QED) is 0.884. The molecule has 27 heavy (non-hydrogen) atoms. The van der Waals surface area contributed by atoms with Crippen LogP contribution < -0.4 is 10.1 Å². The zero-order valence-electron chi connectivity index (χ0n) is 15.2. The first-order valence-electron chi connectivity index (χ1n) is 9.11. The van der Waals surface area contributed by atoms with Crippen LogP contribution in [0.5, 0.6) is 5.75 Å². The van der Waals surface area contributed by atoms with Crippen molar-refractivity contribution in [1.82, 2.24) is 4.90 Å². The summed E-state index contributed by atoms with van der Waals surface area (Å²) in [6.07, 6.45) is 0.642. The second-order valence-corrected chi connectivity index (χ2v) is 7.91. The first-order chi connectivity index (χ1) is 13.1. The molecule has 0 radical (unpaired) electrons. The van der Waals surface area contributed by atoms with Crippen LogP contribution in [0.4, 0.5) is 5.69 Å². The maximum absolute atomic E-state index is 13.3. The van der Waals surface area contributed by atoms with Crippen molar-refractivity contribution in [2.45, 2.75) is 25.3 Å². The monoisotopic (exact) mass is 382 g/mol. The molecule has 2 atom stereocenters. The number of aryl methyl sites for hydroxylation is 1. The number of para-hydroxylation sites is 1. The predicted molar refractivity (Wildman–Crippen MR) is 107 cm³/mol. The maximum Gasteiger partial charge on any atom is 0.248 e. The number of benzene rings is 2. The Labute approximate surface area is 163 Å². The molecule has 1 saturated heterocycles. The van der Waals surface area contributed by atoms with Crippen LogP contribution in [-0.4, -0.2) is 41.0 Å². The second-order valence-electron chi connectivity index (χ2n) is 6.91. The summed E-state index contributed by atoms with van der Waals surface area (Å²) >= 11 is 1.62. The largest absolute Gasteiger partial charge is 0.493 e. The van der Waals surface area contributed by atoms with Gasteiger partial charge in [-0.15, -0.1) is 11.8 Å². The van der Waals surface area contributed by atoms with Crippen molar-refractivity contribution in [1.29, 1.82) is 0 Å². The van der Waals surface area contributed by atoms with Gasteiger partial charge in [0.15, 0.2) is 0 Å². The molecule has 0 saturated carbocycles. The zero-order valence-corrected chi connectivity index (χ0v) is 16.0. The summed E-state index contributed by atoms with van der Waals surface area (Å²) < 4.78 is 5.68. The Hall–Kier alpha value is -2.47. The smallest absolute Gasteiger partial charge is 0.248 e. The fourth-order valence-corrected chi connectivity index (χ4v) is 4.79. The van der Waals surface area contributed by atoms with Crippen LogP contribution in [0.2, 0.25) is 0 Å². The third-order valence-corrected chi connectivity index (χ3v) is 6.02. The minimum atomic E-state index is -0.446. The fourth-order valence-electron chi connectivity index (χ4n) is 3.62. The van der Waals surface area contributed by atoms with Crippen LogP contribution >= 0.6 is 11.8 Å². The second kappa shape index (κ2) is 7.64. The summed E-state index contributed by atoms with van der Waals surface area (Å²) in [6, 6.07) is 14.9. The molecule has 2 heterocycles. The van der Waals surface area contributed by atoms with Crippen molar-refractivity contribution in [2.75, 3.05) is 23.6 Å². The van der Waals surface area contributed by atoms with Crippen molar-refractivity contribution in [3.05, 3.63) is 59.7 Å². The molecular formula is C21H22N2O3S. The number of carbonyl (C=O) groups is 2. The van der Waals surface area contributed by atoms with E-state index in [1.54, 1.807) is 16.7 Å². The van der Waals surface area contributed by atoms with E-state index in [-0.39, 0.29) is 17.7 Å². The summed E-state index contributed by atoms with van der Waals surface area (Å²) in [4.78, 5) is 27.8. The van der Waals surface area contributed by atoms with Gasteiger partial charge in [-0.05, 0) is 37.1 Å². The molecule has 2 aromatic rings. The van der Waals surface area contributed by atoms with Crippen molar-refractivity contribution in [3.8, 4) is 5.75 Å². The number of nitrogens with one attached hydrogen (secondary N) is 1. The van der Waals surface area contributed by atoms with Crippen LogP contribution in [-0.2, 0) is 9.59 Å². The van der Waals surface area contributed by atoms with Gasteiger partial charge in [0.1, 0.15) is 11.8 Å². The van der Waals surface area contributed by atoms with E-state index in [0.29, 0.717) is 24.7 Å². The lowest BCUT2D eigenvalue weighted by atomic mass is 9.91. The molecule has 140 valence electrons. The third-order valence-electron chi connectivity index (χ3n) is 5.01. The van der Waals surface area contributed by atoms with Gasteiger partial charge in [0.2, 0.25) is 11.8 Å². The molecule has 4 rings (SSSR count). The van der Waals surface area contributed by atoms with Crippen LogP contribution in [0, 0.1) is 6.92 Å². The number of rotatable bonds is 3. The van der Waals surface area contributed by atoms with E-state index in [0.717, 1.165) is 22.6 Å². The van der Waals surface area contributed by atoms with Gasteiger partial charge in [0.05, 0.1) is 18.4 Å². The van der Waals surface area contributed by atoms with Gasteiger partial charge >= 0.3 is 0 Å². The summed E-state index contributed by atoms with van der Waals surface area (Å²) in [7, 11) is 0. The van der Waals surface area contributed by atoms with E-state index in [4.69, 9.17) is 4.74 Å². The number of carbonyl (C=O) groups excluding carboxylic acids is 2. The molecule has 2 amide bonds. The number of anilines is 1. The number of amides is 2. The van der Waals surface area contributed by atoms with Gasteiger partial charge < -0.3 is 15.0 Å². The summed E-state index contributed by atoms with van der Waals surface area (Å²) in [5.41, 5.74) is 2.77. The number of hydrogen-bond donors (Lipinski definition) is 1. The van der Waals surface area contributed by atoms with E-state index in [2.05, 4.69) is 5.32 Å². The van der Waals surface area contributed by atoms with Crippen LogP contribution in [0.25, 0.3) is 0 Å². The first kappa shape index (κ1) is 17.9. The topological polar surface area (TPSA) is 58.6 Å². The van der Waals surface area contributed by atoms with Gasteiger partial charge in [-0.25, -0.2) is 0 Å². The van der Waals surface area contributed by atoms with Crippen LogP contribution in [0.3, 0.4) is 0 Å². The normalized spacial score (nSPS) is 21.3. The van der Waals surface area contributed by atoms with Gasteiger partial charge in [0.25, 0.3) is 0 Å². The van der Waals surface area contributed by atoms with Crippen molar-refractivity contribution < 1.29 is 14.3 Å². The van der Waals surface area contributed by atoms with E-state index >= 15 is 0 Å². The van der Waals surface area contributed by atoms with Gasteiger partial charge in [-0.1, -0.05) is 30.3 Å². The van der Waals surface area contributed by atoms with Crippen molar-refractivity contribution >= 4 is 29.3 Å². The molecule has 2 unspecified atom stereocenters. The average Bonchev–Trinajstić information content (AvgIpc) is 3.17. The highest BCUT2D eigenvalue weighted by molar-refractivity contribution is 7.99. The molecule has 0 spiro atoms. The SMILES string of the molecule is Cc1cccc(NC(=O)C2CSCN2C(=O)C2CCOc3ccccc32)c1. The number of thioether (sulfide) groups is 1. The highest BCUT2D eigenvalue weighted by atomic mass is 32.2. The molecule has 2 aliphatic heterocycles. The third kappa shape index (κ3) is 3.67. The highest BCUT2D eigenvalue weighted by Crippen LogP contribution is 2.36. The Kier molecular flexibility index (Phi) is 5.07. The van der Waals surface area contributed by atoms with E-state index < -0.39 is 6.04 Å². The molecule has 0 aliphatic carbocycles. The molecule has 6 heteroatoms. The lowest BCUT2D eigenvalue weighted by Crippen LogP contribution is -2.46. The first-order valence-corrected chi connectivity index (χ1v) is 10.3. The Bertz CT molecular complexity index is 870.